The third-order valence-electron chi connectivity index (χ3n) is 2.21. The molecule has 0 aromatic carbocycles. The average Bonchev–Trinajstić information content (AvgIpc) is 2.03. The van der Waals surface area contributed by atoms with Crippen molar-refractivity contribution in [2.75, 3.05) is 0 Å². The monoisotopic (exact) mass is 150 g/mol. The summed E-state index contributed by atoms with van der Waals surface area (Å²) in [7, 11) is 5.08. The molecule has 0 amide bonds. The Morgan fingerprint density at radius 1 is 1.00 bits per heavy atom. The molecule has 0 unspecified atom stereocenters. The van der Waals surface area contributed by atoms with Gasteiger partial charge in [0.05, 0.1) is 22.0 Å². The highest BCUT2D eigenvalue weighted by molar-refractivity contribution is 7.23. The van der Waals surface area contributed by atoms with Crippen molar-refractivity contribution in [3.05, 3.63) is 0 Å². The second kappa shape index (κ2) is 10.2. The Morgan fingerprint density at radius 2 is 1.64 bits per heavy atom. The van der Waals surface area contributed by atoms with E-state index in [9.17, 15) is 0 Å². The lowest BCUT2D eigenvalue weighted by Gasteiger charge is -1.98. The van der Waals surface area contributed by atoms with Gasteiger partial charge < -0.3 is 0 Å². The van der Waals surface area contributed by atoms with E-state index in [0.29, 0.717) is 0 Å². The lowest BCUT2D eigenvalue weighted by Crippen LogP contribution is -2.01. The van der Waals surface area contributed by atoms with Crippen LogP contribution in [0.4, 0.5) is 0 Å². The summed E-state index contributed by atoms with van der Waals surface area (Å²) in [4.78, 5) is 0. The first-order chi connectivity index (χ1) is 5.41. The molecule has 0 aromatic heterocycles. The standard InChI is InChI=1S/C8H21B3/c1-2-3-4-5-6-7-8-10-11-9/h10-11H,2-9H2,1H3. The molecule has 0 radical (unpaired) electrons. The first kappa shape index (κ1) is 11.2. The second-order valence-corrected chi connectivity index (χ2v) is 3.47. The normalized spacial score (nSPS) is 9.55. The van der Waals surface area contributed by atoms with Crippen molar-refractivity contribution in [2.45, 2.75) is 51.8 Å². The molecule has 0 rings (SSSR count). The van der Waals surface area contributed by atoms with Gasteiger partial charge in [0.25, 0.3) is 0 Å². The molecule has 0 atom stereocenters. The molecular formula is C8H21B3. The van der Waals surface area contributed by atoms with Gasteiger partial charge in [0.2, 0.25) is 0 Å². The molecule has 0 aliphatic rings. The Hall–Kier alpha value is 0.195. The maximum absolute atomic E-state index is 2.27. The van der Waals surface area contributed by atoms with Crippen LogP contribution in [0.3, 0.4) is 0 Å². The van der Waals surface area contributed by atoms with Gasteiger partial charge in [-0.2, -0.15) is 0 Å². The number of hydrogen-bond donors (Lipinski definition) is 0. The maximum atomic E-state index is 2.27. The van der Waals surface area contributed by atoms with E-state index >= 15 is 0 Å². The van der Waals surface area contributed by atoms with E-state index < -0.39 is 0 Å². The Morgan fingerprint density at radius 3 is 2.27 bits per heavy atom. The average molecular weight is 150 g/mol. The van der Waals surface area contributed by atoms with Crippen LogP contribution in [0.15, 0.2) is 0 Å². The Kier molecular flexibility index (Phi) is 10.4. The van der Waals surface area contributed by atoms with Crippen LogP contribution in [0.25, 0.3) is 0 Å². The minimum atomic E-state index is 1.37. The fraction of sp³-hybridized carbons (Fsp3) is 1.00. The SMILES string of the molecule is BBBCCCCCCCC. The van der Waals surface area contributed by atoms with Crippen molar-refractivity contribution in [3.63, 3.8) is 0 Å². The molecule has 11 heavy (non-hydrogen) atoms. The van der Waals surface area contributed by atoms with Gasteiger partial charge in [-0.1, -0.05) is 51.8 Å². The summed E-state index contributed by atoms with van der Waals surface area (Å²) in [5.74, 6) is 0. The summed E-state index contributed by atoms with van der Waals surface area (Å²) >= 11 is 0. The molecule has 0 bridgehead atoms. The summed E-state index contributed by atoms with van der Waals surface area (Å²) in [5, 5.41) is 0. The predicted molar refractivity (Wildman–Crippen MR) is 61.0 cm³/mol. The highest BCUT2D eigenvalue weighted by Gasteiger charge is 1.90. The van der Waals surface area contributed by atoms with Crippen LogP contribution in [0.2, 0.25) is 6.32 Å². The van der Waals surface area contributed by atoms with E-state index in [0.717, 1.165) is 0 Å². The van der Waals surface area contributed by atoms with E-state index in [1.54, 1.807) is 0 Å². The van der Waals surface area contributed by atoms with Crippen LogP contribution in [-0.4, -0.2) is 22.0 Å². The zero-order valence-corrected chi connectivity index (χ0v) is 8.36. The molecule has 0 fully saturated rings. The van der Waals surface area contributed by atoms with Crippen LogP contribution in [-0.2, 0) is 0 Å². The highest BCUT2D eigenvalue weighted by Crippen LogP contribution is 2.06. The molecule has 3 heteroatoms. The van der Waals surface area contributed by atoms with E-state index in [4.69, 9.17) is 0 Å². The minimum absolute atomic E-state index is 1.37. The van der Waals surface area contributed by atoms with E-state index in [1.165, 1.54) is 59.1 Å². The van der Waals surface area contributed by atoms with Gasteiger partial charge in [0.15, 0.2) is 0 Å². The first-order valence-corrected chi connectivity index (χ1v) is 5.41. The van der Waals surface area contributed by atoms with Gasteiger partial charge in [0.1, 0.15) is 0 Å². The van der Waals surface area contributed by atoms with Crippen LogP contribution in [0, 0.1) is 0 Å². The van der Waals surface area contributed by atoms with Gasteiger partial charge in [-0.3, -0.25) is 0 Å². The Bertz CT molecular complexity index is 58.4. The minimum Gasteiger partial charge on any atom is -0.0853 e. The lowest BCUT2D eigenvalue weighted by molar-refractivity contribution is 0.624. The lowest BCUT2D eigenvalue weighted by atomic mass is 9.27. The van der Waals surface area contributed by atoms with Gasteiger partial charge in [-0.25, -0.2) is 0 Å². The van der Waals surface area contributed by atoms with Crippen LogP contribution < -0.4 is 0 Å². The quantitative estimate of drug-likeness (QED) is 0.358. The number of unbranched alkanes of at least 4 members (excludes halogenated alkanes) is 5. The summed E-state index contributed by atoms with van der Waals surface area (Å²) in [6, 6.07) is 0. The summed E-state index contributed by atoms with van der Waals surface area (Å²) in [5.41, 5.74) is 0. The molecule has 62 valence electrons. The zero-order valence-electron chi connectivity index (χ0n) is 8.36. The van der Waals surface area contributed by atoms with E-state index in [2.05, 4.69) is 14.7 Å². The highest BCUT2D eigenvalue weighted by atomic mass is 13.9. The second-order valence-electron chi connectivity index (χ2n) is 3.47. The summed E-state index contributed by atoms with van der Waals surface area (Å²) in [6.07, 6.45) is 10.1. The molecule has 0 nitrogen and oxygen atoms in total. The van der Waals surface area contributed by atoms with Crippen molar-refractivity contribution in [1.82, 2.24) is 0 Å². The van der Waals surface area contributed by atoms with Crippen LogP contribution in [0.1, 0.15) is 45.4 Å². The third kappa shape index (κ3) is 10.2. The largest absolute Gasteiger partial charge is 0.0853 e. The van der Waals surface area contributed by atoms with Crippen LogP contribution in [0.5, 0.6) is 0 Å². The fourth-order valence-corrected chi connectivity index (χ4v) is 1.38. The fourth-order valence-electron chi connectivity index (χ4n) is 1.38. The van der Waals surface area contributed by atoms with Crippen molar-refractivity contribution in [1.29, 1.82) is 0 Å². The smallest absolute Gasteiger partial charge is 0.0780 e. The predicted octanol–water partition coefficient (Wildman–Crippen LogP) is 1.10. The zero-order chi connectivity index (χ0) is 8.36. The molecule has 0 aromatic rings. The topological polar surface area (TPSA) is 0 Å². The van der Waals surface area contributed by atoms with Gasteiger partial charge in [-0.05, 0) is 0 Å². The van der Waals surface area contributed by atoms with Crippen molar-refractivity contribution < 1.29 is 0 Å². The van der Waals surface area contributed by atoms with Gasteiger partial charge >= 0.3 is 0 Å². The van der Waals surface area contributed by atoms with Crippen molar-refractivity contribution in [2.24, 2.45) is 0 Å². The molecule has 0 saturated carbocycles. The molecule has 0 heterocycles. The number of hydrogen-bond acceptors (Lipinski definition) is 0. The molecule has 0 spiro atoms. The Labute approximate surface area is 74.4 Å². The van der Waals surface area contributed by atoms with Gasteiger partial charge in [0, 0.05) is 0 Å². The third-order valence-corrected chi connectivity index (χ3v) is 2.21. The van der Waals surface area contributed by atoms with Crippen molar-refractivity contribution in [3.8, 4) is 0 Å². The molecular weight excluding hydrogens is 129 g/mol. The van der Waals surface area contributed by atoms with Gasteiger partial charge in [-0.15, -0.1) is 0 Å². The van der Waals surface area contributed by atoms with Crippen molar-refractivity contribution >= 4 is 22.0 Å². The molecule has 0 aliphatic carbocycles. The summed E-state index contributed by atoms with van der Waals surface area (Å²) in [6.45, 7) is 2.27. The molecule has 0 N–H and O–H groups in total. The van der Waals surface area contributed by atoms with Crippen LogP contribution >= 0.6 is 0 Å². The Balaban J connectivity index is 2.69. The first-order valence-electron chi connectivity index (χ1n) is 5.41. The van der Waals surface area contributed by atoms with E-state index in [-0.39, 0.29) is 0 Å². The molecule has 0 aliphatic heterocycles. The van der Waals surface area contributed by atoms with E-state index in [1.807, 2.05) is 0 Å². The summed E-state index contributed by atoms with van der Waals surface area (Å²) < 4.78 is 0. The number of rotatable bonds is 8. The molecule has 0 saturated heterocycles. The maximum Gasteiger partial charge on any atom is 0.0780 e.